The summed E-state index contributed by atoms with van der Waals surface area (Å²) >= 11 is 0. The fraction of sp³-hybridized carbons (Fsp3) is 0.261. The van der Waals surface area contributed by atoms with E-state index in [-0.39, 0.29) is 35.5 Å². The predicted molar refractivity (Wildman–Crippen MR) is 120 cm³/mol. The number of nitrogens with zero attached hydrogens (tertiary/aromatic N) is 5. The molecular weight excluding hydrogens is 463 g/mol. The molecule has 1 saturated heterocycles. The molecule has 2 N–H and O–H groups in total. The zero-order chi connectivity index (χ0) is 24.5. The predicted octanol–water partition coefficient (Wildman–Crippen LogP) is 3.02. The summed E-state index contributed by atoms with van der Waals surface area (Å²) in [6.45, 7) is 0.867. The van der Waals surface area contributed by atoms with Crippen molar-refractivity contribution in [2.75, 3.05) is 18.4 Å². The lowest BCUT2D eigenvalue weighted by molar-refractivity contribution is 0.0690. The molecule has 0 radical (unpaired) electrons. The molecule has 12 heteroatoms. The molecule has 9 nitrogen and oxygen atoms in total. The summed E-state index contributed by atoms with van der Waals surface area (Å²) in [6, 6.07) is 6.49. The fourth-order valence-corrected chi connectivity index (χ4v) is 4.18. The van der Waals surface area contributed by atoms with Gasteiger partial charge in [-0.05, 0) is 42.7 Å². The number of H-pyrrole nitrogens is 1. The third kappa shape index (κ3) is 4.46. The van der Waals surface area contributed by atoms with E-state index in [0.717, 1.165) is 12.1 Å². The Bertz CT molecular complexity index is 1450. The molecule has 5 rings (SSSR count). The molecule has 0 spiro atoms. The highest BCUT2D eigenvalue weighted by molar-refractivity contribution is 5.93. The minimum atomic E-state index is -0.998. The number of halogens is 3. The summed E-state index contributed by atoms with van der Waals surface area (Å²) in [6.07, 6.45) is 4.07. The van der Waals surface area contributed by atoms with Crippen molar-refractivity contribution in [2.24, 2.45) is 0 Å². The van der Waals surface area contributed by atoms with Gasteiger partial charge in [-0.1, -0.05) is 6.07 Å². The summed E-state index contributed by atoms with van der Waals surface area (Å²) < 4.78 is 42.5. The van der Waals surface area contributed by atoms with Gasteiger partial charge in [0.15, 0.2) is 22.7 Å². The number of aromatic nitrogens is 5. The third-order valence-electron chi connectivity index (χ3n) is 5.96. The smallest absolute Gasteiger partial charge is 0.278 e. The first-order valence-electron chi connectivity index (χ1n) is 11.0. The molecule has 0 saturated carbocycles. The summed E-state index contributed by atoms with van der Waals surface area (Å²) in [4.78, 5) is 37.8. The zero-order valence-electron chi connectivity index (χ0n) is 18.3. The van der Waals surface area contributed by atoms with E-state index in [9.17, 15) is 22.8 Å². The van der Waals surface area contributed by atoms with Gasteiger partial charge in [-0.15, -0.1) is 5.10 Å². The second kappa shape index (κ2) is 9.20. The van der Waals surface area contributed by atoms with Gasteiger partial charge >= 0.3 is 0 Å². The van der Waals surface area contributed by atoms with E-state index < -0.39 is 23.1 Å². The Morgan fingerprint density at radius 3 is 2.66 bits per heavy atom. The number of anilines is 1. The van der Waals surface area contributed by atoms with Crippen LogP contribution in [0.2, 0.25) is 0 Å². The number of aromatic amines is 1. The second-order valence-corrected chi connectivity index (χ2v) is 8.21. The number of benzene rings is 1. The van der Waals surface area contributed by atoms with Crippen molar-refractivity contribution in [2.45, 2.75) is 25.4 Å². The summed E-state index contributed by atoms with van der Waals surface area (Å²) in [5.41, 5.74) is 0.113. The maximum absolute atomic E-state index is 14.7. The summed E-state index contributed by atoms with van der Waals surface area (Å²) in [5, 5.41) is 6.70. The standard InChI is InChI=1S/C23H20F3N7O2/c24-16-4-3-13(10-17(16)25)11-28-23-29-18-19(21(34)30-23)33(31-20(18)26)15-5-8-32(9-6-15)22(35)14-2-1-7-27-12-14/h1-4,7,10,12,15H,5-6,8-9,11H2,(H2,28,29,30,34). The molecule has 0 atom stereocenters. The van der Waals surface area contributed by atoms with E-state index in [2.05, 4.69) is 25.4 Å². The number of carbonyl (C=O) groups is 1. The number of hydrogen-bond donors (Lipinski definition) is 2. The SMILES string of the molecule is O=C(c1cccnc1)N1CCC(n2nc(F)c3nc(NCc4ccc(F)c(F)c4)[nH]c(=O)c32)CC1. The number of nitrogens with one attached hydrogen (secondary N) is 2. The van der Waals surface area contributed by atoms with E-state index in [1.54, 1.807) is 23.2 Å². The summed E-state index contributed by atoms with van der Waals surface area (Å²) in [7, 11) is 0. The Morgan fingerprint density at radius 1 is 1.14 bits per heavy atom. The Balaban J connectivity index is 1.32. The molecule has 1 aliphatic heterocycles. The number of amides is 1. The van der Waals surface area contributed by atoms with Crippen molar-refractivity contribution in [3.63, 3.8) is 0 Å². The van der Waals surface area contributed by atoms with Crippen LogP contribution in [0.1, 0.15) is 34.8 Å². The highest BCUT2D eigenvalue weighted by Gasteiger charge is 2.28. The normalized spacial score (nSPS) is 14.4. The lowest BCUT2D eigenvalue weighted by atomic mass is 10.0. The minimum absolute atomic E-state index is 0.00193. The molecule has 0 aliphatic carbocycles. The number of piperidine rings is 1. The van der Waals surface area contributed by atoms with Gasteiger partial charge in [0.2, 0.25) is 5.95 Å². The van der Waals surface area contributed by atoms with E-state index in [1.807, 2.05) is 0 Å². The monoisotopic (exact) mass is 483 g/mol. The first-order chi connectivity index (χ1) is 16.9. The van der Waals surface area contributed by atoms with E-state index in [4.69, 9.17) is 0 Å². The van der Waals surface area contributed by atoms with Crippen molar-refractivity contribution in [3.8, 4) is 0 Å². The first kappa shape index (κ1) is 22.6. The number of fused-ring (bicyclic) bond motifs is 1. The molecular formula is C23H20F3N7O2. The molecule has 4 aromatic rings. The third-order valence-corrected chi connectivity index (χ3v) is 5.96. The van der Waals surface area contributed by atoms with Gasteiger partial charge < -0.3 is 10.2 Å². The Morgan fingerprint density at radius 2 is 1.94 bits per heavy atom. The van der Waals surface area contributed by atoms with Gasteiger partial charge in [0, 0.05) is 32.0 Å². The maximum Gasteiger partial charge on any atom is 0.278 e. The molecule has 1 amide bonds. The van der Waals surface area contributed by atoms with Crippen LogP contribution in [0, 0.1) is 17.6 Å². The van der Waals surface area contributed by atoms with Crippen molar-refractivity contribution in [1.29, 1.82) is 0 Å². The van der Waals surface area contributed by atoms with Crippen molar-refractivity contribution < 1.29 is 18.0 Å². The summed E-state index contributed by atoms with van der Waals surface area (Å²) in [5.74, 6) is -3.02. The van der Waals surface area contributed by atoms with E-state index >= 15 is 0 Å². The average Bonchev–Trinajstić information content (AvgIpc) is 3.22. The van der Waals surface area contributed by atoms with Crippen LogP contribution >= 0.6 is 0 Å². The largest absolute Gasteiger partial charge is 0.352 e. The van der Waals surface area contributed by atoms with Gasteiger partial charge in [0.1, 0.15) is 0 Å². The number of rotatable bonds is 5. The average molecular weight is 483 g/mol. The van der Waals surface area contributed by atoms with Gasteiger partial charge in [-0.2, -0.15) is 4.39 Å². The second-order valence-electron chi connectivity index (χ2n) is 8.21. The molecule has 0 unspecified atom stereocenters. The highest BCUT2D eigenvalue weighted by Crippen LogP contribution is 2.26. The number of likely N-dealkylation sites (tertiary alicyclic amines) is 1. The van der Waals surface area contributed by atoms with Crippen LogP contribution in [0.15, 0.2) is 47.5 Å². The topological polar surface area (TPSA) is 109 Å². The van der Waals surface area contributed by atoms with Crippen LogP contribution < -0.4 is 10.9 Å². The lowest BCUT2D eigenvalue weighted by Crippen LogP contribution is -2.39. The molecule has 1 fully saturated rings. The zero-order valence-corrected chi connectivity index (χ0v) is 18.3. The Kier molecular flexibility index (Phi) is 5.93. The molecule has 35 heavy (non-hydrogen) atoms. The van der Waals surface area contributed by atoms with Gasteiger partial charge in [0.25, 0.3) is 17.4 Å². The van der Waals surface area contributed by atoms with Crippen molar-refractivity contribution in [3.05, 3.63) is 81.8 Å². The fourth-order valence-electron chi connectivity index (χ4n) is 4.18. The molecule has 1 aromatic carbocycles. The lowest BCUT2D eigenvalue weighted by Gasteiger charge is -2.32. The van der Waals surface area contributed by atoms with Crippen LogP contribution in [0.3, 0.4) is 0 Å². The number of hydrogen-bond acceptors (Lipinski definition) is 6. The van der Waals surface area contributed by atoms with Crippen LogP contribution in [0.25, 0.3) is 11.0 Å². The molecule has 1 aliphatic rings. The Labute approximate surface area is 196 Å². The number of pyridine rings is 1. The van der Waals surface area contributed by atoms with Gasteiger partial charge in [-0.25, -0.2) is 13.8 Å². The van der Waals surface area contributed by atoms with Crippen LogP contribution in [-0.2, 0) is 6.54 Å². The molecule has 180 valence electrons. The van der Waals surface area contributed by atoms with Crippen molar-refractivity contribution in [1.82, 2.24) is 29.6 Å². The quantitative estimate of drug-likeness (QED) is 0.452. The van der Waals surface area contributed by atoms with Gasteiger partial charge in [0.05, 0.1) is 11.6 Å². The minimum Gasteiger partial charge on any atom is -0.352 e. The van der Waals surface area contributed by atoms with E-state index in [0.29, 0.717) is 37.1 Å². The van der Waals surface area contributed by atoms with Crippen molar-refractivity contribution >= 4 is 22.9 Å². The van der Waals surface area contributed by atoms with Crippen LogP contribution in [0.5, 0.6) is 0 Å². The van der Waals surface area contributed by atoms with Crippen LogP contribution in [-0.4, -0.2) is 48.6 Å². The highest BCUT2D eigenvalue weighted by atomic mass is 19.2. The molecule has 4 heterocycles. The first-order valence-corrected chi connectivity index (χ1v) is 11.0. The van der Waals surface area contributed by atoms with E-state index in [1.165, 1.54) is 16.9 Å². The molecule has 0 bridgehead atoms. The van der Waals surface area contributed by atoms with Crippen LogP contribution in [0.4, 0.5) is 19.1 Å². The number of carbonyl (C=O) groups excluding carboxylic acids is 1. The van der Waals surface area contributed by atoms with Gasteiger partial charge in [-0.3, -0.25) is 24.2 Å². The maximum atomic E-state index is 14.7. The Hall–Kier alpha value is -4.22. The molecule has 3 aromatic heterocycles.